The average Bonchev–Trinajstić information content (AvgIpc) is 3.61. The molecule has 0 saturated carbocycles. The summed E-state index contributed by atoms with van der Waals surface area (Å²) in [6.07, 6.45) is 2.35. The van der Waals surface area contributed by atoms with Gasteiger partial charge < -0.3 is 24.2 Å². The van der Waals surface area contributed by atoms with Crippen molar-refractivity contribution < 1.29 is 28.9 Å². The lowest BCUT2D eigenvalue weighted by molar-refractivity contribution is 0.0581. The van der Waals surface area contributed by atoms with Crippen LogP contribution in [0.2, 0.25) is 25.7 Å². The molecule has 1 aliphatic heterocycles. The molecule has 46 heavy (non-hydrogen) atoms. The summed E-state index contributed by atoms with van der Waals surface area (Å²) in [7, 11) is -1.21. The Morgan fingerprint density at radius 2 is 1.96 bits per heavy atom. The van der Waals surface area contributed by atoms with E-state index in [0.29, 0.717) is 71.8 Å². The molecule has 4 aromatic heterocycles. The predicted octanol–water partition coefficient (Wildman–Crippen LogP) is 5.64. The molecule has 15 heteroatoms. The zero-order chi connectivity index (χ0) is 33.2. The molecule has 1 saturated heterocycles. The number of hydrogen-bond acceptors (Lipinski definition) is 10. The van der Waals surface area contributed by atoms with Gasteiger partial charge in [0.1, 0.15) is 18.1 Å². The second-order valence-corrected chi connectivity index (χ2v) is 19.1. The molecule has 2 amide bonds. The van der Waals surface area contributed by atoms with Crippen LogP contribution in [0.4, 0.5) is 21.2 Å². The van der Waals surface area contributed by atoms with Crippen LogP contribution in [-0.2, 0) is 20.9 Å². The number of anilines is 2. The van der Waals surface area contributed by atoms with Gasteiger partial charge in [-0.15, -0.1) is 0 Å². The first-order chi connectivity index (χ1) is 21.7. The number of fused-ring (bicyclic) bond motifs is 1. The zero-order valence-corrected chi connectivity index (χ0v) is 28.4. The second kappa shape index (κ2) is 13.2. The number of hydrogen-bond donors (Lipinski definition) is 1. The van der Waals surface area contributed by atoms with Crippen LogP contribution in [0, 0.1) is 0 Å². The fraction of sp³-hybridized carbons (Fsp3) is 0.484. The van der Waals surface area contributed by atoms with Crippen molar-refractivity contribution >= 4 is 42.9 Å². The molecule has 5 heterocycles. The van der Waals surface area contributed by atoms with E-state index < -0.39 is 25.9 Å². The fourth-order valence-electron chi connectivity index (χ4n) is 5.01. The SMILES string of the molecule is CC1COCCN1c1cc(-c2cccnc2N(C(=O)O)C(=O)OC(C)(C)C)c2cnn(-c3ccn(COCC[Si](C)(C)C)n3)c2n1. The minimum absolute atomic E-state index is 0.0288. The number of nitrogens with zero attached hydrogens (tertiary/aromatic N) is 8. The van der Waals surface area contributed by atoms with Gasteiger partial charge in [-0.2, -0.15) is 19.8 Å². The van der Waals surface area contributed by atoms with Crippen molar-refractivity contribution in [3.8, 4) is 16.9 Å². The molecular formula is C31H42N8O6Si. The molecule has 1 unspecified atom stereocenters. The van der Waals surface area contributed by atoms with Crippen LogP contribution in [-0.4, -0.2) is 92.9 Å². The van der Waals surface area contributed by atoms with E-state index in [1.807, 2.05) is 18.3 Å². The van der Waals surface area contributed by atoms with Crippen LogP contribution in [0.1, 0.15) is 27.7 Å². The largest absolute Gasteiger partial charge is 0.464 e. The van der Waals surface area contributed by atoms with E-state index in [4.69, 9.17) is 24.3 Å². The molecule has 1 N–H and O–H groups in total. The lowest BCUT2D eigenvalue weighted by atomic mass is 10.0. The smallest absolute Gasteiger partial charge is 0.425 e. The van der Waals surface area contributed by atoms with Crippen molar-refractivity contribution in [3.63, 3.8) is 0 Å². The second-order valence-electron chi connectivity index (χ2n) is 13.5. The highest BCUT2D eigenvalue weighted by Crippen LogP contribution is 2.38. The average molecular weight is 651 g/mol. The molecule has 0 bridgehead atoms. The normalized spacial score (nSPS) is 15.7. The van der Waals surface area contributed by atoms with Crippen LogP contribution < -0.4 is 9.80 Å². The zero-order valence-electron chi connectivity index (χ0n) is 27.4. The van der Waals surface area contributed by atoms with Gasteiger partial charge >= 0.3 is 12.2 Å². The van der Waals surface area contributed by atoms with Gasteiger partial charge in [0.15, 0.2) is 17.3 Å². The highest BCUT2D eigenvalue weighted by molar-refractivity contribution is 6.76. The maximum absolute atomic E-state index is 13.2. The maximum Gasteiger partial charge on any atom is 0.425 e. The molecule has 1 fully saturated rings. The highest BCUT2D eigenvalue weighted by atomic mass is 28.3. The third kappa shape index (κ3) is 7.54. The van der Waals surface area contributed by atoms with Gasteiger partial charge in [0, 0.05) is 56.2 Å². The number of carbonyl (C=O) groups is 2. The van der Waals surface area contributed by atoms with E-state index in [0.717, 1.165) is 6.04 Å². The van der Waals surface area contributed by atoms with Crippen molar-refractivity contribution in [1.82, 2.24) is 29.5 Å². The Bertz CT molecular complexity index is 1710. The Hall–Kier alpha value is -4.34. The fourth-order valence-corrected chi connectivity index (χ4v) is 5.77. The van der Waals surface area contributed by atoms with Crippen LogP contribution in [0.3, 0.4) is 0 Å². The molecule has 0 aliphatic carbocycles. The minimum atomic E-state index is -1.52. The molecule has 5 rings (SSSR count). The summed E-state index contributed by atoms with van der Waals surface area (Å²) in [4.78, 5) is 37.7. The monoisotopic (exact) mass is 650 g/mol. The standard InChI is InChI=1S/C31H42N8O6Si/c1-21-19-43-14-13-37(21)26-17-23(22-9-8-11-32-27(22)38(29(40)41)30(42)45-31(2,3)4)24-18-33-39(28(24)34-26)25-10-12-36(35-25)20-44-15-16-46(5,6)7/h8-12,17-18,21H,13-16,19-20H2,1-7H3,(H,40,41). The summed E-state index contributed by atoms with van der Waals surface area (Å²) in [5, 5.41) is 20.1. The number of pyridine rings is 2. The van der Waals surface area contributed by atoms with Crippen molar-refractivity contribution in [1.29, 1.82) is 0 Å². The van der Waals surface area contributed by atoms with E-state index in [-0.39, 0.29) is 11.9 Å². The van der Waals surface area contributed by atoms with E-state index in [9.17, 15) is 14.7 Å². The number of rotatable bonds is 9. The van der Waals surface area contributed by atoms with E-state index in [1.165, 1.54) is 6.20 Å². The molecule has 1 atom stereocenters. The first kappa shape index (κ1) is 33.0. The van der Waals surface area contributed by atoms with Crippen molar-refractivity contribution in [2.24, 2.45) is 0 Å². The van der Waals surface area contributed by atoms with Crippen molar-refractivity contribution in [3.05, 3.63) is 42.9 Å². The minimum Gasteiger partial charge on any atom is -0.464 e. The topological polar surface area (TPSA) is 150 Å². The summed E-state index contributed by atoms with van der Waals surface area (Å²) in [5.41, 5.74) is 0.570. The van der Waals surface area contributed by atoms with E-state index in [2.05, 4.69) is 41.5 Å². The number of morpholine rings is 1. The summed E-state index contributed by atoms with van der Waals surface area (Å²) in [5.74, 6) is 1.09. The molecular weight excluding hydrogens is 608 g/mol. The molecule has 14 nitrogen and oxygen atoms in total. The van der Waals surface area contributed by atoms with Gasteiger partial charge in [-0.1, -0.05) is 19.6 Å². The van der Waals surface area contributed by atoms with Crippen LogP contribution in [0.15, 0.2) is 42.9 Å². The van der Waals surface area contributed by atoms with Gasteiger partial charge in [-0.25, -0.2) is 24.2 Å². The maximum atomic E-state index is 13.2. The Kier molecular flexibility index (Phi) is 9.46. The van der Waals surface area contributed by atoms with Crippen LogP contribution in [0.5, 0.6) is 0 Å². The van der Waals surface area contributed by atoms with Gasteiger partial charge in [0.2, 0.25) is 0 Å². The van der Waals surface area contributed by atoms with E-state index >= 15 is 0 Å². The van der Waals surface area contributed by atoms with Crippen LogP contribution >= 0.6 is 0 Å². The van der Waals surface area contributed by atoms with E-state index in [1.54, 1.807) is 48.5 Å². The summed E-state index contributed by atoms with van der Waals surface area (Å²) in [6, 6.07) is 8.20. The lowest BCUT2D eigenvalue weighted by Gasteiger charge is -2.34. The Balaban J connectivity index is 1.60. The lowest BCUT2D eigenvalue weighted by Crippen LogP contribution is -2.44. The van der Waals surface area contributed by atoms with Gasteiger partial charge in [0.05, 0.1) is 25.5 Å². The number of ether oxygens (including phenoxy) is 3. The molecule has 1 aliphatic rings. The number of carboxylic acid groups (broad SMARTS) is 1. The first-order valence-corrected chi connectivity index (χ1v) is 19.0. The molecule has 0 radical (unpaired) electrons. The first-order valence-electron chi connectivity index (χ1n) is 15.3. The molecule has 246 valence electrons. The third-order valence-electron chi connectivity index (χ3n) is 7.31. The summed E-state index contributed by atoms with van der Waals surface area (Å²) >= 11 is 0. The Morgan fingerprint density at radius 3 is 2.65 bits per heavy atom. The van der Waals surface area contributed by atoms with Crippen LogP contribution in [0.25, 0.3) is 28.0 Å². The number of imide groups is 1. The Morgan fingerprint density at radius 1 is 1.17 bits per heavy atom. The summed E-state index contributed by atoms with van der Waals surface area (Å²) in [6.45, 7) is 16.6. The highest BCUT2D eigenvalue weighted by Gasteiger charge is 2.33. The molecule has 4 aromatic rings. The molecule has 0 aromatic carbocycles. The molecule has 0 spiro atoms. The van der Waals surface area contributed by atoms with Crippen molar-refractivity contribution in [2.45, 2.75) is 71.8 Å². The third-order valence-corrected chi connectivity index (χ3v) is 9.01. The van der Waals surface area contributed by atoms with Gasteiger partial charge in [-0.05, 0) is 51.9 Å². The predicted molar refractivity (Wildman–Crippen MR) is 176 cm³/mol. The number of amides is 2. The summed E-state index contributed by atoms with van der Waals surface area (Å²) < 4.78 is 20.4. The number of carbonyl (C=O) groups excluding carboxylic acids is 1. The quantitative estimate of drug-likeness (QED) is 0.177. The van der Waals surface area contributed by atoms with Crippen molar-refractivity contribution in [2.75, 3.05) is 36.2 Å². The Labute approximate surface area is 268 Å². The van der Waals surface area contributed by atoms with Gasteiger partial charge in [-0.3, -0.25) is 0 Å². The van der Waals surface area contributed by atoms with Gasteiger partial charge in [0.25, 0.3) is 0 Å². The number of aromatic nitrogens is 6.